The molecule has 106 valence electrons. The maximum atomic E-state index is 9.40. The predicted octanol–water partition coefficient (Wildman–Crippen LogP) is 4.11. The number of hydrogen-bond acceptors (Lipinski definition) is 2. The zero-order valence-corrected chi connectivity index (χ0v) is 12.3. The van der Waals surface area contributed by atoms with E-state index in [9.17, 15) is 5.11 Å². The summed E-state index contributed by atoms with van der Waals surface area (Å²) in [5.41, 5.74) is 2.34. The number of ether oxygens (including phenoxy) is 1. The van der Waals surface area contributed by atoms with E-state index < -0.39 is 0 Å². The lowest BCUT2D eigenvalue weighted by Crippen LogP contribution is -2.11. The van der Waals surface area contributed by atoms with Gasteiger partial charge in [-0.25, -0.2) is 0 Å². The Hall–Kier alpha value is -0.570. The van der Waals surface area contributed by atoms with E-state index >= 15 is 0 Å². The first-order valence-electron chi connectivity index (χ1n) is 7.15. The molecule has 1 unspecified atom stereocenters. The first-order chi connectivity index (χ1) is 9.26. The van der Waals surface area contributed by atoms with Crippen LogP contribution in [-0.2, 0) is 4.74 Å². The summed E-state index contributed by atoms with van der Waals surface area (Å²) in [4.78, 5) is 0. The lowest BCUT2D eigenvalue weighted by atomic mass is 9.83. The van der Waals surface area contributed by atoms with Crippen molar-refractivity contribution < 1.29 is 9.84 Å². The van der Waals surface area contributed by atoms with Crippen molar-refractivity contribution in [2.24, 2.45) is 0 Å². The van der Waals surface area contributed by atoms with Gasteiger partial charge in [0.25, 0.3) is 0 Å². The minimum absolute atomic E-state index is 0.0166. The van der Waals surface area contributed by atoms with Crippen LogP contribution in [-0.4, -0.2) is 25.4 Å². The molecule has 0 aromatic heterocycles. The Labute approximate surface area is 120 Å². The van der Waals surface area contributed by atoms with Crippen molar-refractivity contribution in [3.63, 3.8) is 0 Å². The van der Waals surface area contributed by atoms with Crippen molar-refractivity contribution in [3.8, 4) is 0 Å². The Kier molecular flexibility index (Phi) is 5.68. The molecule has 0 heterocycles. The number of halogens is 1. The van der Waals surface area contributed by atoms with Gasteiger partial charge >= 0.3 is 0 Å². The molecule has 0 saturated heterocycles. The van der Waals surface area contributed by atoms with Gasteiger partial charge in [0.2, 0.25) is 0 Å². The fraction of sp³-hybridized carbons (Fsp3) is 0.625. The number of hydrogen-bond donors (Lipinski definition) is 1. The Balaban J connectivity index is 2.15. The number of aliphatic hydroxyl groups excluding tert-OH is 1. The Morgan fingerprint density at radius 2 is 2.05 bits per heavy atom. The highest BCUT2D eigenvalue weighted by Crippen LogP contribution is 2.37. The Bertz CT molecular complexity index is 400. The van der Waals surface area contributed by atoms with Crippen LogP contribution in [0.1, 0.15) is 55.1 Å². The molecule has 1 aliphatic rings. The predicted molar refractivity (Wildman–Crippen MR) is 79.0 cm³/mol. The zero-order chi connectivity index (χ0) is 13.7. The van der Waals surface area contributed by atoms with Crippen LogP contribution < -0.4 is 0 Å². The molecule has 1 saturated carbocycles. The van der Waals surface area contributed by atoms with Crippen LogP contribution in [0, 0.1) is 0 Å². The molecule has 0 amide bonds. The summed E-state index contributed by atoms with van der Waals surface area (Å²) < 4.78 is 5.13. The van der Waals surface area contributed by atoms with Crippen LogP contribution in [0.3, 0.4) is 0 Å². The van der Waals surface area contributed by atoms with Crippen molar-refractivity contribution in [1.29, 1.82) is 0 Å². The number of methoxy groups -OCH3 is 1. The fourth-order valence-corrected chi connectivity index (χ4v) is 3.34. The van der Waals surface area contributed by atoms with E-state index in [1.54, 1.807) is 7.11 Å². The number of benzene rings is 1. The van der Waals surface area contributed by atoms with Gasteiger partial charge in [0, 0.05) is 18.1 Å². The second kappa shape index (κ2) is 7.28. The molecule has 1 fully saturated rings. The standard InChI is InChI=1S/C16H23ClO2/c1-19-11-14(10-18)13-7-8-15(16(17)9-13)12-5-3-2-4-6-12/h7-9,12,14,18H,2-6,10-11H2,1H3. The van der Waals surface area contributed by atoms with E-state index in [0.29, 0.717) is 12.5 Å². The van der Waals surface area contributed by atoms with Crippen LogP contribution in [0.25, 0.3) is 0 Å². The molecule has 2 rings (SSSR count). The molecule has 0 radical (unpaired) electrons. The summed E-state index contributed by atoms with van der Waals surface area (Å²) in [6.45, 7) is 0.614. The van der Waals surface area contributed by atoms with Crippen molar-refractivity contribution in [3.05, 3.63) is 34.3 Å². The lowest BCUT2D eigenvalue weighted by molar-refractivity contribution is 0.144. The molecule has 1 aromatic rings. The van der Waals surface area contributed by atoms with Gasteiger partial charge in [0.15, 0.2) is 0 Å². The van der Waals surface area contributed by atoms with Gasteiger partial charge in [-0.2, -0.15) is 0 Å². The minimum atomic E-state index is 0.0166. The molecule has 1 atom stereocenters. The average molecular weight is 283 g/mol. The quantitative estimate of drug-likeness (QED) is 0.881. The number of aliphatic hydroxyl groups is 1. The third kappa shape index (κ3) is 3.71. The van der Waals surface area contributed by atoms with E-state index in [1.807, 2.05) is 6.07 Å². The van der Waals surface area contributed by atoms with Crippen LogP contribution in [0.2, 0.25) is 5.02 Å². The minimum Gasteiger partial charge on any atom is -0.396 e. The summed E-state index contributed by atoms with van der Waals surface area (Å²) >= 11 is 6.44. The first-order valence-corrected chi connectivity index (χ1v) is 7.53. The maximum absolute atomic E-state index is 9.40. The Morgan fingerprint density at radius 1 is 1.32 bits per heavy atom. The molecular formula is C16H23ClO2. The Morgan fingerprint density at radius 3 is 2.63 bits per heavy atom. The second-order valence-corrected chi connectivity index (χ2v) is 5.86. The zero-order valence-electron chi connectivity index (χ0n) is 11.6. The largest absolute Gasteiger partial charge is 0.396 e. The van der Waals surface area contributed by atoms with E-state index in [-0.39, 0.29) is 12.5 Å². The SMILES string of the molecule is COCC(CO)c1ccc(C2CCCCC2)c(Cl)c1. The monoisotopic (exact) mass is 282 g/mol. The van der Waals surface area contributed by atoms with Gasteiger partial charge < -0.3 is 9.84 Å². The molecule has 19 heavy (non-hydrogen) atoms. The van der Waals surface area contributed by atoms with Gasteiger partial charge in [0.1, 0.15) is 0 Å². The molecular weight excluding hydrogens is 260 g/mol. The highest BCUT2D eigenvalue weighted by atomic mass is 35.5. The molecule has 0 spiro atoms. The van der Waals surface area contributed by atoms with E-state index in [2.05, 4.69) is 12.1 Å². The highest BCUT2D eigenvalue weighted by Gasteiger charge is 2.19. The lowest BCUT2D eigenvalue weighted by Gasteiger charge is -2.24. The third-order valence-electron chi connectivity index (χ3n) is 4.13. The van der Waals surface area contributed by atoms with Crippen LogP contribution in [0.5, 0.6) is 0 Å². The first kappa shape index (κ1) is 14.8. The average Bonchev–Trinajstić information content (AvgIpc) is 2.45. The number of rotatable bonds is 5. The highest BCUT2D eigenvalue weighted by molar-refractivity contribution is 6.31. The van der Waals surface area contributed by atoms with Crippen molar-refractivity contribution in [1.82, 2.24) is 0 Å². The topological polar surface area (TPSA) is 29.5 Å². The molecule has 3 heteroatoms. The van der Waals surface area contributed by atoms with Crippen LogP contribution >= 0.6 is 11.6 Å². The molecule has 1 N–H and O–H groups in total. The summed E-state index contributed by atoms with van der Waals surface area (Å²) in [5.74, 6) is 0.633. The smallest absolute Gasteiger partial charge is 0.0553 e. The molecule has 2 nitrogen and oxygen atoms in total. The van der Waals surface area contributed by atoms with Gasteiger partial charge in [-0.3, -0.25) is 0 Å². The van der Waals surface area contributed by atoms with Crippen molar-refractivity contribution in [2.75, 3.05) is 20.3 Å². The summed E-state index contributed by atoms with van der Waals surface area (Å²) in [6, 6.07) is 6.24. The van der Waals surface area contributed by atoms with Crippen molar-refractivity contribution >= 4 is 11.6 Å². The van der Waals surface area contributed by atoms with Gasteiger partial charge in [-0.05, 0) is 36.0 Å². The summed E-state index contributed by atoms with van der Waals surface area (Å²) in [5, 5.41) is 10.2. The fourth-order valence-electron chi connectivity index (χ4n) is 3.00. The van der Waals surface area contributed by atoms with E-state index in [1.165, 1.54) is 37.7 Å². The van der Waals surface area contributed by atoms with Gasteiger partial charge in [-0.15, -0.1) is 0 Å². The van der Waals surface area contributed by atoms with E-state index in [0.717, 1.165) is 10.6 Å². The molecule has 1 aromatic carbocycles. The second-order valence-electron chi connectivity index (χ2n) is 5.45. The molecule has 1 aliphatic carbocycles. The van der Waals surface area contributed by atoms with Crippen LogP contribution in [0.15, 0.2) is 18.2 Å². The molecule has 0 bridgehead atoms. The normalized spacial score (nSPS) is 18.5. The summed E-state index contributed by atoms with van der Waals surface area (Å²) in [6.07, 6.45) is 6.48. The summed E-state index contributed by atoms with van der Waals surface area (Å²) in [7, 11) is 1.65. The molecule has 0 aliphatic heterocycles. The third-order valence-corrected chi connectivity index (χ3v) is 4.46. The van der Waals surface area contributed by atoms with E-state index in [4.69, 9.17) is 16.3 Å². The van der Waals surface area contributed by atoms with Crippen molar-refractivity contribution in [2.45, 2.75) is 43.9 Å². The van der Waals surface area contributed by atoms with Crippen LogP contribution in [0.4, 0.5) is 0 Å². The van der Waals surface area contributed by atoms with Gasteiger partial charge in [0.05, 0.1) is 13.2 Å². The maximum Gasteiger partial charge on any atom is 0.0553 e. The van der Waals surface area contributed by atoms with Gasteiger partial charge in [-0.1, -0.05) is 43.0 Å².